The van der Waals surface area contributed by atoms with Gasteiger partial charge in [0, 0.05) is 38.9 Å². The molecule has 0 spiro atoms. The van der Waals surface area contributed by atoms with Gasteiger partial charge in [-0.3, -0.25) is 9.67 Å². The van der Waals surface area contributed by atoms with Gasteiger partial charge in [0.15, 0.2) is 5.96 Å². The van der Waals surface area contributed by atoms with Crippen LogP contribution in [0.4, 0.5) is 0 Å². The molecule has 1 aromatic heterocycles. The van der Waals surface area contributed by atoms with Crippen LogP contribution in [-0.2, 0) is 29.7 Å². The van der Waals surface area contributed by atoms with Crippen LogP contribution in [0.25, 0.3) is 0 Å². The average Bonchev–Trinajstić information content (AvgIpc) is 3.13. The van der Waals surface area contributed by atoms with Crippen LogP contribution in [0.5, 0.6) is 0 Å². The molecule has 0 radical (unpaired) electrons. The predicted molar refractivity (Wildman–Crippen MR) is 130 cm³/mol. The highest BCUT2D eigenvalue weighted by Gasteiger charge is 2.25. The van der Waals surface area contributed by atoms with Crippen molar-refractivity contribution < 1.29 is 9.47 Å². The second-order valence-corrected chi connectivity index (χ2v) is 8.37. The Morgan fingerprint density at radius 1 is 1.33 bits per heavy atom. The topological polar surface area (TPSA) is 63.9 Å². The molecule has 3 rings (SSSR count). The second-order valence-electron chi connectivity index (χ2n) is 8.37. The fourth-order valence-electron chi connectivity index (χ4n) is 3.29. The van der Waals surface area contributed by atoms with Crippen molar-refractivity contribution in [2.24, 2.45) is 12.0 Å². The number of halogens is 1. The Balaban J connectivity index is 0.00000320. The van der Waals surface area contributed by atoms with E-state index < -0.39 is 0 Å². The summed E-state index contributed by atoms with van der Waals surface area (Å²) in [6.07, 6.45) is 3.89. The van der Waals surface area contributed by atoms with E-state index in [-0.39, 0.29) is 35.7 Å². The average molecular weight is 527 g/mol. The van der Waals surface area contributed by atoms with E-state index in [0.29, 0.717) is 19.8 Å². The molecule has 166 valence electrons. The summed E-state index contributed by atoms with van der Waals surface area (Å²) in [5.41, 5.74) is 3.34. The first kappa shape index (κ1) is 24.6. The van der Waals surface area contributed by atoms with Crippen LogP contribution in [-0.4, -0.2) is 53.0 Å². The monoisotopic (exact) mass is 527 g/mol. The maximum absolute atomic E-state index is 5.94. The van der Waals surface area contributed by atoms with Crippen LogP contribution in [0.3, 0.4) is 0 Å². The van der Waals surface area contributed by atoms with Gasteiger partial charge >= 0.3 is 0 Å². The van der Waals surface area contributed by atoms with Gasteiger partial charge in [-0.1, -0.05) is 24.3 Å². The number of nitrogens with zero attached hydrogens (tertiary/aromatic N) is 4. The summed E-state index contributed by atoms with van der Waals surface area (Å²) in [5.74, 6) is 0.888. The van der Waals surface area contributed by atoms with Crippen molar-refractivity contribution in [3.8, 4) is 0 Å². The molecule has 1 atom stereocenters. The van der Waals surface area contributed by atoms with Gasteiger partial charge < -0.3 is 19.7 Å². The molecule has 30 heavy (non-hydrogen) atoms. The summed E-state index contributed by atoms with van der Waals surface area (Å²) in [5, 5.41) is 7.75. The van der Waals surface area contributed by atoms with Gasteiger partial charge in [0.05, 0.1) is 31.6 Å². The molecule has 0 amide bonds. The number of morpholine rings is 1. The minimum absolute atomic E-state index is 0. The molecule has 1 N–H and O–H groups in total. The lowest BCUT2D eigenvalue weighted by molar-refractivity contribution is -0.0149. The third-order valence-corrected chi connectivity index (χ3v) is 4.79. The minimum atomic E-state index is -0.141. The Hall–Kier alpha value is -1.65. The lowest BCUT2D eigenvalue weighted by Crippen LogP contribution is -2.47. The number of aromatic nitrogens is 2. The van der Waals surface area contributed by atoms with Crippen LogP contribution in [0.2, 0.25) is 0 Å². The summed E-state index contributed by atoms with van der Waals surface area (Å²) in [6, 6.07) is 8.49. The maximum Gasteiger partial charge on any atom is 0.194 e. The second kappa shape index (κ2) is 11.1. The van der Waals surface area contributed by atoms with Crippen molar-refractivity contribution in [1.82, 2.24) is 20.0 Å². The first-order chi connectivity index (χ1) is 13.8. The molecule has 1 fully saturated rings. The zero-order valence-electron chi connectivity index (χ0n) is 18.6. The molecule has 0 aliphatic carbocycles. The lowest BCUT2D eigenvalue weighted by atomic mass is 10.1. The zero-order chi connectivity index (χ0) is 20.9. The molecule has 0 saturated carbocycles. The van der Waals surface area contributed by atoms with E-state index in [1.807, 2.05) is 26.5 Å². The van der Waals surface area contributed by atoms with Crippen molar-refractivity contribution in [1.29, 1.82) is 0 Å². The summed E-state index contributed by atoms with van der Waals surface area (Å²) in [4.78, 5) is 6.73. The van der Waals surface area contributed by atoms with Crippen molar-refractivity contribution in [2.75, 3.05) is 26.7 Å². The Bertz CT molecular complexity index is 831. The van der Waals surface area contributed by atoms with Crippen molar-refractivity contribution in [2.45, 2.75) is 45.6 Å². The maximum atomic E-state index is 5.94. The van der Waals surface area contributed by atoms with Crippen LogP contribution >= 0.6 is 24.0 Å². The number of guanidine groups is 1. The normalized spacial score (nSPS) is 17.6. The van der Waals surface area contributed by atoms with Crippen molar-refractivity contribution in [3.63, 3.8) is 0 Å². The molecule has 1 aromatic carbocycles. The number of aliphatic imine (C=N–C) groups is 1. The molecule has 1 saturated heterocycles. The first-order valence-electron chi connectivity index (χ1n) is 10.1. The van der Waals surface area contributed by atoms with Gasteiger partial charge in [-0.25, -0.2) is 0 Å². The Kier molecular flexibility index (Phi) is 9.11. The zero-order valence-corrected chi connectivity index (χ0v) is 20.9. The number of benzene rings is 1. The van der Waals surface area contributed by atoms with E-state index >= 15 is 0 Å². The van der Waals surface area contributed by atoms with Gasteiger partial charge in [-0.15, -0.1) is 24.0 Å². The van der Waals surface area contributed by atoms with Crippen LogP contribution in [0.1, 0.15) is 43.6 Å². The van der Waals surface area contributed by atoms with E-state index in [1.165, 1.54) is 11.1 Å². The fraction of sp³-hybridized carbons (Fsp3) is 0.545. The molecule has 8 heteroatoms. The Morgan fingerprint density at radius 2 is 2.10 bits per heavy atom. The summed E-state index contributed by atoms with van der Waals surface area (Å²) in [6.45, 7) is 9.78. The van der Waals surface area contributed by atoms with E-state index in [0.717, 1.165) is 24.6 Å². The van der Waals surface area contributed by atoms with E-state index in [2.05, 4.69) is 65.3 Å². The van der Waals surface area contributed by atoms with Crippen LogP contribution in [0.15, 0.2) is 41.7 Å². The molecule has 2 heterocycles. The Labute approximate surface area is 196 Å². The molecular weight excluding hydrogens is 493 g/mol. The van der Waals surface area contributed by atoms with E-state index in [9.17, 15) is 0 Å². The SMILES string of the molecule is CN=C(NCc1cccc(COC(C)(C)C)c1)N1CCOC(c2cnn(C)c2)C1.I. The molecule has 7 nitrogen and oxygen atoms in total. The van der Waals surface area contributed by atoms with Crippen molar-refractivity contribution >= 4 is 29.9 Å². The number of ether oxygens (including phenoxy) is 2. The summed E-state index contributed by atoms with van der Waals surface area (Å²) < 4.78 is 13.6. The molecule has 2 aromatic rings. The highest BCUT2D eigenvalue weighted by Crippen LogP contribution is 2.21. The summed E-state index contributed by atoms with van der Waals surface area (Å²) in [7, 11) is 3.75. The molecule has 1 aliphatic heterocycles. The number of rotatable bonds is 5. The minimum Gasteiger partial charge on any atom is -0.371 e. The van der Waals surface area contributed by atoms with E-state index in [4.69, 9.17) is 9.47 Å². The molecule has 1 aliphatic rings. The van der Waals surface area contributed by atoms with Gasteiger partial charge in [-0.05, 0) is 31.9 Å². The van der Waals surface area contributed by atoms with E-state index in [1.54, 1.807) is 4.68 Å². The van der Waals surface area contributed by atoms with Crippen molar-refractivity contribution in [3.05, 3.63) is 53.3 Å². The quantitative estimate of drug-likeness (QED) is 0.367. The molecule has 1 unspecified atom stereocenters. The van der Waals surface area contributed by atoms with Gasteiger partial charge in [0.1, 0.15) is 6.10 Å². The summed E-state index contributed by atoms with van der Waals surface area (Å²) >= 11 is 0. The highest BCUT2D eigenvalue weighted by atomic mass is 127. The Morgan fingerprint density at radius 3 is 2.77 bits per heavy atom. The smallest absolute Gasteiger partial charge is 0.194 e. The first-order valence-corrected chi connectivity index (χ1v) is 10.1. The molecular formula is C22H34IN5O2. The van der Waals surface area contributed by atoms with Crippen LogP contribution < -0.4 is 5.32 Å². The third-order valence-electron chi connectivity index (χ3n) is 4.79. The van der Waals surface area contributed by atoms with Crippen LogP contribution in [0, 0.1) is 0 Å². The number of hydrogen-bond donors (Lipinski definition) is 1. The number of aryl methyl sites for hydroxylation is 1. The third kappa shape index (κ3) is 7.24. The molecule has 0 bridgehead atoms. The largest absolute Gasteiger partial charge is 0.371 e. The van der Waals surface area contributed by atoms with Gasteiger partial charge in [0.2, 0.25) is 0 Å². The number of hydrogen-bond acceptors (Lipinski definition) is 4. The lowest BCUT2D eigenvalue weighted by Gasteiger charge is -2.34. The highest BCUT2D eigenvalue weighted by molar-refractivity contribution is 14.0. The van der Waals surface area contributed by atoms with Gasteiger partial charge in [-0.2, -0.15) is 5.10 Å². The fourth-order valence-corrected chi connectivity index (χ4v) is 3.29. The standard InChI is InChI=1S/C22H33N5O2.HI/c1-22(2,3)29-16-18-8-6-7-17(11-18)12-24-21(23-4)27-9-10-28-20(15-27)19-13-25-26(5)14-19;/h6-8,11,13-14,20H,9-10,12,15-16H2,1-5H3,(H,23,24);1H. The van der Waals surface area contributed by atoms with Gasteiger partial charge in [0.25, 0.3) is 0 Å². The predicted octanol–water partition coefficient (Wildman–Crippen LogP) is 3.50. The number of nitrogens with one attached hydrogen (secondary N) is 1.